The van der Waals surface area contributed by atoms with Gasteiger partial charge in [0.1, 0.15) is 0 Å². The van der Waals surface area contributed by atoms with Crippen LogP contribution in [0.4, 0.5) is 0 Å². The summed E-state index contributed by atoms with van der Waals surface area (Å²) in [5.41, 5.74) is 0. The minimum Gasteiger partial charge on any atom is -0.393 e. The lowest BCUT2D eigenvalue weighted by Gasteiger charge is -2.06. The Balaban J connectivity index is 3.55. The molecule has 0 aliphatic carbocycles. The van der Waals surface area contributed by atoms with Crippen molar-refractivity contribution in [2.45, 2.75) is 51.6 Å². The highest BCUT2D eigenvalue weighted by Crippen LogP contribution is 2.06. The molecule has 16 heavy (non-hydrogen) atoms. The van der Waals surface area contributed by atoms with E-state index in [9.17, 15) is 9.59 Å². The lowest BCUT2D eigenvalue weighted by molar-refractivity contribution is -0.167. The Morgan fingerprint density at radius 3 is 2.38 bits per heavy atom. The van der Waals surface area contributed by atoms with E-state index in [-0.39, 0.29) is 6.42 Å². The number of aliphatic hydroxyl groups is 2. The average Bonchev–Trinajstić information content (AvgIpc) is 2.27. The molecule has 2 N–H and O–H groups in total. The molecule has 0 fully saturated rings. The standard InChI is InChI=1S/C11H20O5/c1-2-3-4-5-6-7-10(14)16-11(15)9(13)8-12/h9,12-13H,2-8H2,1H3/t9-/m1/s1. The van der Waals surface area contributed by atoms with E-state index in [1.54, 1.807) is 0 Å². The number of hydrogen-bond acceptors (Lipinski definition) is 5. The highest BCUT2D eigenvalue weighted by molar-refractivity contribution is 5.87. The molecule has 0 bridgehead atoms. The molecule has 5 heteroatoms. The number of hydrogen-bond donors (Lipinski definition) is 2. The van der Waals surface area contributed by atoms with Crippen molar-refractivity contribution in [2.75, 3.05) is 6.61 Å². The van der Waals surface area contributed by atoms with Crippen molar-refractivity contribution in [3.05, 3.63) is 0 Å². The minimum atomic E-state index is -1.62. The average molecular weight is 232 g/mol. The molecule has 0 unspecified atom stereocenters. The maximum absolute atomic E-state index is 11.1. The molecule has 94 valence electrons. The molecule has 0 saturated carbocycles. The third kappa shape index (κ3) is 7.36. The summed E-state index contributed by atoms with van der Waals surface area (Å²) in [4.78, 5) is 21.9. The molecule has 0 aromatic rings. The van der Waals surface area contributed by atoms with Crippen LogP contribution in [0.1, 0.15) is 45.4 Å². The molecule has 0 rings (SSSR count). The first-order valence-corrected chi connectivity index (χ1v) is 5.65. The predicted molar refractivity (Wildman–Crippen MR) is 57.6 cm³/mol. The fourth-order valence-corrected chi connectivity index (χ4v) is 1.18. The van der Waals surface area contributed by atoms with Gasteiger partial charge in [-0.05, 0) is 6.42 Å². The molecule has 0 aromatic carbocycles. The molecule has 1 atom stereocenters. The number of esters is 2. The summed E-state index contributed by atoms with van der Waals surface area (Å²) < 4.78 is 4.32. The Morgan fingerprint density at radius 2 is 1.81 bits per heavy atom. The zero-order valence-electron chi connectivity index (χ0n) is 9.65. The third-order valence-electron chi connectivity index (χ3n) is 2.14. The van der Waals surface area contributed by atoms with E-state index in [0.717, 1.165) is 25.7 Å². The number of ether oxygens (including phenoxy) is 1. The van der Waals surface area contributed by atoms with Crippen LogP contribution < -0.4 is 0 Å². The second-order valence-corrected chi connectivity index (χ2v) is 3.66. The monoisotopic (exact) mass is 232 g/mol. The van der Waals surface area contributed by atoms with Crippen LogP contribution in [0.15, 0.2) is 0 Å². The number of unbranched alkanes of at least 4 members (excludes halogenated alkanes) is 4. The lowest BCUT2D eigenvalue weighted by atomic mass is 10.1. The van der Waals surface area contributed by atoms with Crippen molar-refractivity contribution in [1.82, 2.24) is 0 Å². The van der Waals surface area contributed by atoms with Gasteiger partial charge in [0.25, 0.3) is 0 Å². The first kappa shape index (κ1) is 15.1. The third-order valence-corrected chi connectivity index (χ3v) is 2.14. The quantitative estimate of drug-likeness (QED) is 0.367. The number of carbonyl (C=O) groups excluding carboxylic acids is 2. The molecule has 0 heterocycles. The van der Waals surface area contributed by atoms with E-state index >= 15 is 0 Å². The topological polar surface area (TPSA) is 83.8 Å². The molecule has 0 amide bonds. The molecule has 0 aliphatic heterocycles. The molecular weight excluding hydrogens is 212 g/mol. The van der Waals surface area contributed by atoms with Crippen LogP contribution in [0.25, 0.3) is 0 Å². The molecule has 0 aromatic heterocycles. The molecule has 0 spiro atoms. The first-order valence-electron chi connectivity index (χ1n) is 5.65. The van der Waals surface area contributed by atoms with Crippen LogP contribution >= 0.6 is 0 Å². The van der Waals surface area contributed by atoms with Gasteiger partial charge in [0.05, 0.1) is 6.61 Å². The van der Waals surface area contributed by atoms with Gasteiger partial charge in [-0.25, -0.2) is 4.79 Å². The molecule has 0 saturated heterocycles. The van der Waals surface area contributed by atoms with Gasteiger partial charge in [0, 0.05) is 6.42 Å². The summed E-state index contributed by atoms with van der Waals surface area (Å²) in [7, 11) is 0. The summed E-state index contributed by atoms with van der Waals surface area (Å²) >= 11 is 0. The Bertz CT molecular complexity index is 214. The van der Waals surface area contributed by atoms with Crippen molar-refractivity contribution in [1.29, 1.82) is 0 Å². The Labute approximate surface area is 95.4 Å². The Kier molecular flexibility index (Phi) is 8.75. The van der Waals surface area contributed by atoms with E-state index in [1.807, 2.05) is 0 Å². The van der Waals surface area contributed by atoms with Crippen molar-refractivity contribution >= 4 is 11.9 Å². The second kappa shape index (κ2) is 9.30. The van der Waals surface area contributed by atoms with E-state index in [2.05, 4.69) is 11.7 Å². The van der Waals surface area contributed by atoms with Gasteiger partial charge in [-0.15, -0.1) is 0 Å². The van der Waals surface area contributed by atoms with Crippen molar-refractivity contribution in [2.24, 2.45) is 0 Å². The maximum atomic E-state index is 11.1. The zero-order chi connectivity index (χ0) is 12.4. The van der Waals surface area contributed by atoms with Crippen LogP contribution in [-0.4, -0.2) is 34.9 Å². The fourth-order valence-electron chi connectivity index (χ4n) is 1.18. The SMILES string of the molecule is CCCCCCCC(=O)OC(=O)[C@H](O)CO. The summed E-state index contributed by atoms with van der Waals surface area (Å²) in [5, 5.41) is 17.3. The number of rotatable bonds is 8. The van der Waals surface area contributed by atoms with E-state index in [0.29, 0.717) is 6.42 Å². The van der Waals surface area contributed by atoms with Gasteiger partial charge in [-0.3, -0.25) is 4.79 Å². The Hall–Kier alpha value is -0.940. The van der Waals surface area contributed by atoms with Crippen molar-refractivity contribution in [3.8, 4) is 0 Å². The molecule has 0 aliphatic rings. The van der Waals surface area contributed by atoms with Crippen LogP contribution in [-0.2, 0) is 14.3 Å². The summed E-state index contributed by atoms with van der Waals surface area (Å²) in [6.45, 7) is 1.37. The van der Waals surface area contributed by atoms with Crippen LogP contribution in [0.3, 0.4) is 0 Å². The van der Waals surface area contributed by atoms with Crippen LogP contribution in [0.2, 0.25) is 0 Å². The van der Waals surface area contributed by atoms with Gasteiger partial charge in [0.15, 0.2) is 6.10 Å². The normalized spacial score (nSPS) is 12.2. The van der Waals surface area contributed by atoms with Gasteiger partial charge >= 0.3 is 11.9 Å². The van der Waals surface area contributed by atoms with Crippen LogP contribution in [0, 0.1) is 0 Å². The Morgan fingerprint density at radius 1 is 1.19 bits per heavy atom. The largest absolute Gasteiger partial charge is 0.393 e. The maximum Gasteiger partial charge on any atom is 0.345 e. The molecule has 0 radical (unpaired) electrons. The summed E-state index contributed by atoms with van der Waals surface area (Å²) in [6, 6.07) is 0. The highest BCUT2D eigenvalue weighted by atomic mass is 16.6. The first-order chi connectivity index (χ1) is 7.61. The fraction of sp³-hybridized carbons (Fsp3) is 0.818. The van der Waals surface area contributed by atoms with E-state index in [1.165, 1.54) is 0 Å². The van der Waals surface area contributed by atoms with E-state index in [4.69, 9.17) is 10.2 Å². The number of carbonyl (C=O) groups is 2. The van der Waals surface area contributed by atoms with Crippen molar-refractivity contribution in [3.63, 3.8) is 0 Å². The predicted octanol–water partition coefficient (Wildman–Crippen LogP) is 0.770. The minimum absolute atomic E-state index is 0.174. The summed E-state index contributed by atoms with van der Waals surface area (Å²) in [6.07, 6.45) is 3.50. The molecule has 5 nitrogen and oxygen atoms in total. The highest BCUT2D eigenvalue weighted by Gasteiger charge is 2.18. The van der Waals surface area contributed by atoms with Crippen LogP contribution in [0.5, 0.6) is 0 Å². The van der Waals surface area contributed by atoms with Gasteiger partial charge in [-0.1, -0.05) is 32.6 Å². The van der Waals surface area contributed by atoms with Gasteiger partial charge < -0.3 is 14.9 Å². The number of aliphatic hydroxyl groups excluding tert-OH is 2. The summed E-state index contributed by atoms with van der Waals surface area (Å²) in [5.74, 6) is -1.73. The smallest absolute Gasteiger partial charge is 0.345 e. The van der Waals surface area contributed by atoms with Gasteiger partial charge in [-0.2, -0.15) is 0 Å². The van der Waals surface area contributed by atoms with Gasteiger partial charge in [0.2, 0.25) is 0 Å². The van der Waals surface area contributed by atoms with E-state index < -0.39 is 24.6 Å². The zero-order valence-corrected chi connectivity index (χ0v) is 9.65. The van der Waals surface area contributed by atoms with Crippen molar-refractivity contribution < 1.29 is 24.5 Å². The second-order valence-electron chi connectivity index (χ2n) is 3.66. The molecular formula is C11H20O5. The lowest BCUT2D eigenvalue weighted by Crippen LogP contribution is -2.28.